The molecule has 2 aromatic carbocycles. The second-order valence-corrected chi connectivity index (χ2v) is 28.6. The van der Waals surface area contributed by atoms with Crippen LogP contribution >= 0.6 is 0 Å². The van der Waals surface area contributed by atoms with E-state index in [0.717, 1.165) is 123 Å². The van der Waals surface area contributed by atoms with E-state index >= 15 is 0 Å². The molecule has 0 N–H and O–H groups in total. The maximum absolute atomic E-state index is 14.1. The summed E-state index contributed by atoms with van der Waals surface area (Å²) in [5.74, 6) is 2.85. The quantitative estimate of drug-likeness (QED) is 0.141. The molecule has 0 aliphatic heterocycles. The van der Waals surface area contributed by atoms with E-state index < -0.39 is 22.8 Å². The summed E-state index contributed by atoms with van der Waals surface area (Å²) in [4.78, 5) is 80.6. The Hall–Kier alpha value is -4.86. The summed E-state index contributed by atoms with van der Waals surface area (Å²) >= 11 is 0. The predicted octanol–water partition coefficient (Wildman–Crippen LogP) is 14.4. The van der Waals surface area contributed by atoms with Gasteiger partial charge >= 0.3 is 23.9 Å². The van der Waals surface area contributed by atoms with Crippen LogP contribution < -0.4 is 9.47 Å². The van der Waals surface area contributed by atoms with Gasteiger partial charge in [-0.25, -0.2) is 0 Å². The number of esters is 4. The molecule has 0 aromatic heterocycles. The fourth-order valence-electron chi connectivity index (χ4n) is 19.0. The molecule has 0 bridgehead atoms. The summed E-state index contributed by atoms with van der Waals surface area (Å²) in [7, 11) is 0. The monoisotopic (exact) mass is 1070 g/mol. The van der Waals surface area contributed by atoms with Crippen molar-refractivity contribution < 1.29 is 47.7 Å². The normalized spacial score (nSPS) is 34.2. The SMILES string of the molecule is Cc1cc(C)c(C(C)(C)CC(=O)O[C@H]2CC[C@H]3[C@@H]4CCC5=CC(=O)CC[C@]5(C)[C@H]4CC[C@]23C)c(OC(=O)CCC(=O)Oc2cc(C)cc(C)c2C(C)(C)CC(=O)O[C@H]2CC[C@H]3[C@@H]4CCC5=CC(=O)CC[C@]5(C)[C@H]4CC[C@]23C)c1. The van der Waals surface area contributed by atoms with Gasteiger partial charge in [-0.15, -0.1) is 0 Å². The molecule has 10 nitrogen and oxygen atoms in total. The molecule has 0 amide bonds. The number of hydrogen-bond donors (Lipinski definition) is 0. The molecular weight excluding hydrogens is 977 g/mol. The number of hydrogen-bond acceptors (Lipinski definition) is 10. The van der Waals surface area contributed by atoms with Crippen molar-refractivity contribution in [2.75, 3.05) is 0 Å². The van der Waals surface area contributed by atoms with Crippen LogP contribution in [0, 0.1) is 84.9 Å². The Morgan fingerprint density at radius 1 is 0.487 bits per heavy atom. The summed E-state index contributed by atoms with van der Waals surface area (Å²) < 4.78 is 25.3. The van der Waals surface area contributed by atoms with E-state index in [9.17, 15) is 28.8 Å². The first kappa shape index (κ1) is 56.4. The average Bonchev–Trinajstić information content (AvgIpc) is 4.03. The highest BCUT2D eigenvalue weighted by molar-refractivity contribution is 5.92. The van der Waals surface area contributed by atoms with Gasteiger partial charge in [0.2, 0.25) is 0 Å². The number of rotatable bonds is 13. The lowest BCUT2D eigenvalue weighted by atomic mass is 9.47. The van der Waals surface area contributed by atoms with Crippen molar-refractivity contribution in [3.05, 3.63) is 80.9 Å². The minimum absolute atomic E-state index is 0.0902. The van der Waals surface area contributed by atoms with Crippen molar-refractivity contribution in [3.63, 3.8) is 0 Å². The van der Waals surface area contributed by atoms with Crippen LogP contribution in [0.25, 0.3) is 0 Å². The van der Waals surface area contributed by atoms with Crippen LogP contribution in [0.4, 0.5) is 0 Å². The molecular formula is C68H90O10. The third-order valence-corrected chi connectivity index (χ3v) is 22.7. The minimum atomic E-state index is -0.746. The van der Waals surface area contributed by atoms with E-state index in [1.807, 2.05) is 91.8 Å². The molecule has 10 rings (SSSR count). The molecule has 12 atom stereocenters. The third kappa shape index (κ3) is 10.1. The number of carbonyl (C=O) groups excluding carboxylic acids is 6. The number of ether oxygens (including phenoxy) is 4. The summed E-state index contributed by atoms with van der Waals surface area (Å²) in [6.07, 6.45) is 18.7. The minimum Gasteiger partial charge on any atom is -0.462 e. The van der Waals surface area contributed by atoms with Crippen LogP contribution in [-0.2, 0) is 49.1 Å². The van der Waals surface area contributed by atoms with Crippen molar-refractivity contribution in [2.45, 2.75) is 235 Å². The molecule has 2 aromatic rings. The number of benzene rings is 2. The van der Waals surface area contributed by atoms with Gasteiger partial charge in [0.05, 0.1) is 25.7 Å². The van der Waals surface area contributed by atoms with Crippen molar-refractivity contribution in [3.8, 4) is 11.5 Å². The zero-order chi connectivity index (χ0) is 56.1. The number of ketones is 2. The van der Waals surface area contributed by atoms with Gasteiger partial charge in [0.1, 0.15) is 23.7 Å². The Kier molecular flexibility index (Phi) is 14.9. The van der Waals surface area contributed by atoms with E-state index in [1.165, 1.54) is 11.1 Å². The Bertz CT molecular complexity index is 2670. The molecule has 0 saturated heterocycles. The molecule has 8 aliphatic rings. The number of fused-ring (bicyclic) bond motifs is 10. The van der Waals surface area contributed by atoms with Gasteiger partial charge in [-0.2, -0.15) is 0 Å². The maximum Gasteiger partial charge on any atom is 0.311 e. The number of aryl methyl sites for hydroxylation is 4. The smallest absolute Gasteiger partial charge is 0.311 e. The summed E-state index contributed by atoms with van der Waals surface area (Å²) in [6.45, 7) is 25.3. The molecule has 78 heavy (non-hydrogen) atoms. The molecule has 6 fully saturated rings. The molecule has 0 radical (unpaired) electrons. The molecule has 6 saturated carbocycles. The predicted molar refractivity (Wildman–Crippen MR) is 301 cm³/mol. The Balaban J connectivity index is 0.747. The lowest BCUT2D eigenvalue weighted by Crippen LogP contribution is -2.51. The standard InChI is InChI=1S/C68H90O10/c1-39-31-41(3)61(63(5,6)37-59(73)77-55-19-17-49-47-15-13-43-35-45(69)23-27-65(43,9)51(47)25-29-67(49,55)11)53(33-39)75-57(71)21-22-58(72)76-54-34-40(2)32-42(4)62(54)64(7,8)38-60(74)78-56-20-18-50-48-16-14-44-36-46(70)24-28-66(44,10)52(48)26-30-68(50,56)12/h31-36,47-52,55-56H,13-30,37-38H2,1-12H3/t47-,48-,49-,50-,51-,52-,55-,56-,65-,66-,67-,68-/m0/s1. The first-order valence-electron chi connectivity index (χ1n) is 30.2. The summed E-state index contributed by atoms with van der Waals surface area (Å²) in [5.41, 5.74) is 6.35. The van der Waals surface area contributed by atoms with Crippen molar-refractivity contribution in [1.29, 1.82) is 0 Å². The maximum atomic E-state index is 14.1. The fourth-order valence-corrected chi connectivity index (χ4v) is 19.0. The van der Waals surface area contributed by atoms with E-state index in [0.29, 0.717) is 59.8 Å². The Morgan fingerprint density at radius 3 is 1.26 bits per heavy atom. The van der Waals surface area contributed by atoms with Crippen LogP contribution in [0.2, 0.25) is 0 Å². The third-order valence-electron chi connectivity index (χ3n) is 22.7. The first-order valence-corrected chi connectivity index (χ1v) is 30.2. The zero-order valence-corrected chi connectivity index (χ0v) is 49.3. The molecule has 10 heteroatoms. The van der Waals surface area contributed by atoms with Crippen LogP contribution in [0.1, 0.15) is 217 Å². The van der Waals surface area contributed by atoms with E-state index in [1.54, 1.807) is 0 Å². The average molecular weight is 1070 g/mol. The molecule has 8 aliphatic carbocycles. The van der Waals surface area contributed by atoms with Gasteiger partial charge in [0.25, 0.3) is 0 Å². The van der Waals surface area contributed by atoms with E-state index in [2.05, 4.69) is 27.7 Å². The highest BCUT2D eigenvalue weighted by Crippen LogP contribution is 2.67. The van der Waals surface area contributed by atoms with Gasteiger partial charge in [-0.05, 0) is 210 Å². The lowest BCUT2D eigenvalue weighted by Gasteiger charge is -2.57. The van der Waals surface area contributed by atoms with E-state index in [-0.39, 0.29) is 83.1 Å². The zero-order valence-electron chi connectivity index (χ0n) is 49.3. The van der Waals surface area contributed by atoms with Crippen molar-refractivity contribution >= 4 is 35.4 Å². The van der Waals surface area contributed by atoms with Gasteiger partial charge < -0.3 is 18.9 Å². The topological polar surface area (TPSA) is 139 Å². The Morgan fingerprint density at radius 2 is 0.872 bits per heavy atom. The first-order chi connectivity index (χ1) is 36.6. The molecule has 0 heterocycles. The summed E-state index contributed by atoms with van der Waals surface area (Å²) in [5, 5.41) is 0. The highest BCUT2D eigenvalue weighted by atomic mass is 16.6. The summed E-state index contributed by atoms with van der Waals surface area (Å²) in [6, 6.07) is 7.73. The van der Waals surface area contributed by atoms with Gasteiger partial charge in [0.15, 0.2) is 11.6 Å². The van der Waals surface area contributed by atoms with Crippen LogP contribution in [0.5, 0.6) is 11.5 Å². The highest BCUT2D eigenvalue weighted by Gasteiger charge is 2.62. The molecule has 0 unspecified atom stereocenters. The van der Waals surface area contributed by atoms with Gasteiger partial charge in [-0.3, -0.25) is 28.8 Å². The lowest BCUT2D eigenvalue weighted by molar-refractivity contribution is -0.162. The van der Waals surface area contributed by atoms with Gasteiger partial charge in [0, 0.05) is 45.6 Å². The van der Waals surface area contributed by atoms with E-state index in [4.69, 9.17) is 18.9 Å². The second kappa shape index (κ2) is 20.6. The molecule has 422 valence electrons. The number of carbonyl (C=O) groups is 6. The number of allylic oxidation sites excluding steroid dienone is 2. The van der Waals surface area contributed by atoms with Gasteiger partial charge in [-0.1, -0.05) is 78.7 Å². The van der Waals surface area contributed by atoms with Crippen molar-refractivity contribution in [2.24, 2.45) is 57.2 Å². The Labute approximate surface area is 465 Å². The van der Waals surface area contributed by atoms with Crippen LogP contribution in [-0.4, -0.2) is 47.7 Å². The molecule has 0 spiro atoms. The van der Waals surface area contributed by atoms with Crippen LogP contribution in [0.15, 0.2) is 47.6 Å². The van der Waals surface area contributed by atoms with Crippen LogP contribution in [0.3, 0.4) is 0 Å². The largest absolute Gasteiger partial charge is 0.462 e. The van der Waals surface area contributed by atoms with Crippen molar-refractivity contribution in [1.82, 2.24) is 0 Å². The second-order valence-electron chi connectivity index (χ2n) is 28.6. The fraction of sp³-hybridized carbons (Fsp3) is 0.676.